The van der Waals surface area contributed by atoms with Crippen LogP contribution >= 0.6 is 0 Å². The zero-order valence-electron chi connectivity index (χ0n) is 8.58. The predicted molar refractivity (Wildman–Crippen MR) is 52.9 cm³/mol. The second-order valence-electron chi connectivity index (χ2n) is 3.76. The van der Waals surface area contributed by atoms with Crippen molar-refractivity contribution in [2.24, 2.45) is 0 Å². The van der Waals surface area contributed by atoms with E-state index < -0.39 is 0 Å². The number of piperazine rings is 1. The number of nitrogens with zero attached hydrogens (tertiary/aromatic N) is 2. The minimum absolute atomic E-state index is 0.716. The van der Waals surface area contributed by atoms with Gasteiger partial charge in [-0.25, -0.2) is 0 Å². The first-order valence-corrected chi connectivity index (χ1v) is 5.05. The van der Waals surface area contributed by atoms with E-state index in [9.17, 15) is 0 Å². The highest BCUT2D eigenvalue weighted by atomic mass is 15.3. The highest BCUT2D eigenvalue weighted by Gasteiger charge is 2.17. The topological polar surface area (TPSA) is 6.48 Å². The average Bonchev–Trinajstić information content (AvgIpc) is 2.06. The molecular weight excluding hydrogens is 148 g/mol. The Kier molecular flexibility index (Phi) is 4.02. The summed E-state index contributed by atoms with van der Waals surface area (Å²) in [5.41, 5.74) is 0. The first-order chi connectivity index (χ1) is 5.74. The molecule has 1 aliphatic rings. The van der Waals surface area contributed by atoms with Crippen LogP contribution in [0.2, 0.25) is 0 Å². The van der Waals surface area contributed by atoms with E-state index in [1.807, 2.05) is 0 Å². The van der Waals surface area contributed by atoms with Crippen LogP contribution in [0.4, 0.5) is 0 Å². The Labute approximate surface area is 76.5 Å². The molecule has 0 aromatic heterocycles. The maximum Gasteiger partial charge on any atom is 0.0249 e. The maximum absolute atomic E-state index is 2.54. The molecule has 1 radical (unpaired) electrons. The van der Waals surface area contributed by atoms with Gasteiger partial charge in [0.25, 0.3) is 0 Å². The number of rotatable bonds is 3. The van der Waals surface area contributed by atoms with Crippen LogP contribution in [-0.2, 0) is 0 Å². The van der Waals surface area contributed by atoms with Gasteiger partial charge in [-0.2, -0.15) is 0 Å². The van der Waals surface area contributed by atoms with Crippen molar-refractivity contribution in [3.05, 3.63) is 6.54 Å². The lowest BCUT2D eigenvalue weighted by Crippen LogP contribution is -2.47. The summed E-state index contributed by atoms with van der Waals surface area (Å²) in [4.78, 5) is 4.99. The maximum atomic E-state index is 2.54. The van der Waals surface area contributed by atoms with Crippen LogP contribution in [0.25, 0.3) is 0 Å². The molecule has 71 valence electrons. The molecule has 0 amide bonds. The lowest BCUT2D eigenvalue weighted by molar-refractivity contribution is 0.125. The summed E-state index contributed by atoms with van der Waals surface area (Å²) in [6, 6.07) is 0.716. The van der Waals surface area contributed by atoms with Gasteiger partial charge in [-0.05, 0) is 20.3 Å². The van der Waals surface area contributed by atoms with Crippen LogP contribution < -0.4 is 0 Å². The van der Waals surface area contributed by atoms with Crippen LogP contribution in [0.15, 0.2) is 0 Å². The van der Waals surface area contributed by atoms with E-state index in [0.717, 1.165) is 0 Å². The third-order valence-electron chi connectivity index (χ3n) is 2.52. The van der Waals surface area contributed by atoms with E-state index in [0.29, 0.717) is 6.04 Å². The number of hydrogen-bond donors (Lipinski definition) is 0. The summed E-state index contributed by atoms with van der Waals surface area (Å²) >= 11 is 0. The summed E-state index contributed by atoms with van der Waals surface area (Å²) in [5, 5.41) is 0. The van der Waals surface area contributed by atoms with Crippen LogP contribution in [0.5, 0.6) is 0 Å². The van der Waals surface area contributed by atoms with Gasteiger partial charge in [0.15, 0.2) is 0 Å². The van der Waals surface area contributed by atoms with Crippen molar-refractivity contribution in [3.8, 4) is 0 Å². The fraction of sp³-hybridized carbons (Fsp3) is 0.900. The molecule has 12 heavy (non-hydrogen) atoms. The normalized spacial score (nSPS) is 22.0. The Bertz CT molecular complexity index is 115. The first-order valence-electron chi connectivity index (χ1n) is 5.05. The lowest BCUT2D eigenvalue weighted by atomic mass is 10.2. The summed E-state index contributed by atoms with van der Waals surface area (Å²) in [6.07, 6.45) is 1.17. The molecule has 1 rings (SSSR count). The largest absolute Gasteiger partial charge is 0.298 e. The Hall–Kier alpha value is -0.0800. The molecule has 0 aromatic rings. The van der Waals surface area contributed by atoms with Gasteiger partial charge in [0.1, 0.15) is 0 Å². The van der Waals surface area contributed by atoms with Gasteiger partial charge >= 0.3 is 0 Å². The molecule has 0 bridgehead atoms. The van der Waals surface area contributed by atoms with Crippen LogP contribution in [0.3, 0.4) is 0 Å². The minimum Gasteiger partial charge on any atom is -0.298 e. The summed E-state index contributed by atoms with van der Waals surface area (Å²) in [7, 11) is 0. The molecule has 2 nitrogen and oxygen atoms in total. The highest BCUT2D eigenvalue weighted by molar-refractivity contribution is 4.77. The molecule has 0 saturated carbocycles. The smallest absolute Gasteiger partial charge is 0.0249 e. The predicted octanol–water partition coefficient (Wildman–Crippen LogP) is 1.58. The molecule has 1 heterocycles. The van der Waals surface area contributed by atoms with Gasteiger partial charge in [-0.15, -0.1) is 0 Å². The molecule has 0 unspecified atom stereocenters. The zero-order chi connectivity index (χ0) is 8.97. The van der Waals surface area contributed by atoms with Crippen molar-refractivity contribution < 1.29 is 0 Å². The average molecular weight is 169 g/mol. The Balaban J connectivity index is 2.20. The second kappa shape index (κ2) is 4.83. The van der Waals surface area contributed by atoms with E-state index in [2.05, 4.69) is 37.1 Å². The molecule has 0 N–H and O–H groups in total. The highest BCUT2D eigenvalue weighted by Crippen LogP contribution is 2.07. The molecule has 0 atom stereocenters. The Morgan fingerprint density at radius 3 is 2.17 bits per heavy atom. The van der Waals surface area contributed by atoms with Gasteiger partial charge in [0, 0.05) is 38.8 Å². The second-order valence-corrected chi connectivity index (χ2v) is 3.76. The quantitative estimate of drug-likeness (QED) is 0.633. The molecule has 1 aliphatic heterocycles. The third-order valence-corrected chi connectivity index (χ3v) is 2.52. The van der Waals surface area contributed by atoms with Crippen molar-refractivity contribution in [3.63, 3.8) is 0 Å². The summed E-state index contributed by atoms with van der Waals surface area (Å²) in [5.74, 6) is 0. The minimum atomic E-state index is 0.716. The first kappa shape index (κ1) is 10.0. The van der Waals surface area contributed by atoms with Crippen LogP contribution in [0.1, 0.15) is 27.2 Å². The van der Waals surface area contributed by atoms with E-state index in [-0.39, 0.29) is 0 Å². The Morgan fingerprint density at radius 1 is 1.17 bits per heavy atom. The van der Waals surface area contributed by atoms with Crippen LogP contribution in [-0.4, -0.2) is 42.0 Å². The van der Waals surface area contributed by atoms with E-state index in [1.54, 1.807) is 0 Å². The van der Waals surface area contributed by atoms with Crippen molar-refractivity contribution in [2.45, 2.75) is 33.2 Å². The molecule has 2 heteroatoms. The Morgan fingerprint density at radius 2 is 1.75 bits per heavy atom. The zero-order valence-corrected chi connectivity index (χ0v) is 8.58. The van der Waals surface area contributed by atoms with Gasteiger partial charge in [-0.1, -0.05) is 6.92 Å². The van der Waals surface area contributed by atoms with Gasteiger partial charge in [0.05, 0.1) is 0 Å². The fourth-order valence-corrected chi connectivity index (χ4v) is 1.69. The van der Waals surface area contributed by atoms with Gasteiger partial charge in [0.2, 0.25) is 0 Å². The summed E-state index contributed by atoms with van der Waals surface area (Å²) in [6.45, 7) is 14.0. The monoisotopic (exact) mass is 169 g/mol. The van der Waals surface area contributed by atoms with Gasteiger partial charge < -0.3 is 0 Å². The SMILES string of the molecule is CC[CH]N1CCN(C(C)C)CC1. The van der Waals surface area contributed by atoms with E-state index >= 15 is 0 Å². The van der Waals surface area contributed by atoms with Gasteiger partial charge in [-0.3, -0.25) is 9.80 Å². The van der Waals surface area contributed by atoms with Crippen molar-refractivity contribution >= 4 is 0 Å². The molecule has 1 fully saturated rings. The molecule has 0 aliphatic carbocycles. The van der Waals surface area contributed by atoms with Crippen molar-refractivity contribution in [1.82, 2.24) is 9.80 Å². The van der Waals surface area contributed by atoms with Crippen molar-refractivity contribution in [2.75, 3.05) is 26.2 Å². The number of hydrogen-bond acceptors (Lipinski definition) is 2. The fourth-order valence-electron chi connectivity index (χ4n) is 1.69. The molecule has 0 aromatic carbocycles. The van der Waals surface area contributed by atoms with Crippen molar-refractivity contribution in [1.29, 1.82) is 0 Å². The van der Waals surface area contributed by atoms with Crippen LogP contribution in [0, 0.1) is 6.54 Å². The molecule has 1 saturated heterocycles. The summed E-state index contributed by atoms with van der Waals surface area (Å²) < 4.78 is 0. The third kappa shape index (κ3) is 2.76. The molecular formula is C10H21N2. The standard InChI is InChI=1S/C10H21N2/c1-4-5-11-6-8-12(9-7-11)10(2)3/h5,10H,4,6-9H2,1-3H3. The molecule has 0 spiro atoms. The lowest BCUT2D eigenvalue weighted by Gasteiger charge is -2.36. The van der Waals surface area contributed by atoms with E-state index in [4.69, 9.17) is 0 Å². The van der Waals surface area contributed by atoms with E-state index in [1.165, 1.54) is 32.6 Å².